The molecule has 0 aliphatic carbocycles. The standard InChI is InChI=1S/C29H27N5O2/c1-2-4-21(5-3-1)25-14-26-27(10-11-31-28(26)23-16-32-33-17-23)34-29(25)22-8-6-20(7-9-22)15-30-18-24-19-35-12-13-36-24/h1-11,14,16-17,24,30H,12-13,15,18-19H2,(H,32,33). The average molecular weight is 478 g/mol. The van der Waals surface area contributed by atoms with E-state index in [9.17, 15) is 0 Å². The van der Waals surface area contributed by atoms with E-state index >= 15 is 0 Å². The highest BCUT2D eigenvalue weighted by Crippen LogP contribution is 2.36. The molecular formula is C29H27N5O2. The van der Waals surface area contributed by atoms with Gasteiger partial charge in [-0.25, -0.2) is 4.98 Å². The van der Waals surface area contributed by atoms with Crippen molar-refractivity contribution in [3.05, 3.63) is 90.9 Å². The lowest BCUT2D eigenvalue weighted by Crippen LogP contribution is -2.37. The summed E-state index contributed by atoms with van der Waals surface area (Å²) in [4.78, 5) is 9.77. The highest BCUT2D eigenvalue weighted by atomic mass is 16.6. The zero-order chi connectivity index (χ0) is 24.2. The Morgan fingerprint density at radius 2 is 1.81 bits per heavy atom. The summed E-state index contributed by atoms with van der Waals surface area (Å²) in [5.41, 5.74) is 8.13. The topological polar surface area (TPSA) is 85.0 Å². The molecule has 7 nitrogen and oxygen atoms in total. The fourth-order valence-corrected chi connectivity index (χ4v) is 4.58. The number of nitrogens with zero attached hydrogens (tertiary/aromatic N) is 3. The van der Waals surface area contributed by atoms with Gasteiger partial charge in [0.25, 0.3) is 0 Å². The minimum absolute atomic E-state index is 0.120. The van der Waals surface area contributed by atoms with Crippen molar-refractivity contribution in [2.45, 2.75) is 12.6 Å². The molecule has 0 bridgehead atoms. The van der Waals surface area contributed by atoms with Crippen LogP contribution in [0.25, 0.3) is 44.5 Å². The van der Waals surface area contributed by atoms with Crippen LogP contribution < -0.4 is 5.32 Å². The van der Waals surface area contributed by atoms with E-state index in [0.717, 1.165) is 57.6 Å². The Kier molecular flexibility index (Phi) is 6.50. The Hall–Kier alpha value is -3.91. The molecule has 1 atom stereocenters. The van der Waals surface area contributed by atoms with Gasteiger partial charge in [0.1, 0.15) is 0 Å². The highest BCUT2D eigenvalue weighted by Gasteiger charge is 2.16. The number of pyridine rings is 2. The highest BCUT2D eigenvalue weighted by molar-refractivity contribution is 5.98. The number of aromatic amines is 1. The molecule has 180 valence electrons. The van der Waals surface area contributed by atoms with Crippen molar-refractivity contribution in [1.29, 1.82) is 0 Å². The molecule has 1 fully saturated rings. The van der Waals surface area contributed by atoms with Gasteiger partial charge >= 0.3 is 0 Å². The summed E-state index contributed by atoms with van der Waals surface area (Å²) >= 11 is 0. The Labute approximate surface area is 209 Å². The summed E-state index contributed by atoms with van der Waals surface area (Å²) in [5, 5.41) is 11.5. The van der Waals surface area contributed by atoms with Crippen LogP contribution in [-0.2, 0) is 16.0 Å². The van der Waals surface area contributed by atoms with Crippen molar-refractivity contribution in [1.82, 2.24) is 25.5 Å². The Balaban J connectivity index is 1.33. The summed E-state index contributed by atoms with van der Waals surface area (Å²) in [7, 11) is 0. The summed E-state index contributed by atoms with van der Waals surface area (Å²) in [6.45, 7) is 3.56. The van der Waals surface area contributed by atoms with Gasteiger partial charge in [0.15, 0.2) is 0 Å². The molecule has 1 unspecified atom stereocenters. The van der Waals surface area contributed by atoms with Crippen molar-refractivity contribution in [2.75, 3.05) is 26.4 Å². The number of hydrogen-bond acceptors (Lipinski definition) is 6. The maximum absolute atomic E-state index is 5.71. The molecule has 4 heterocycles. The average Bonchev–Trinajstić information content (AvgIpc) is 3.48. The molecular weight excluding hydrogens is 450 g/mol. The van der Waals surface area contributed by atoms with Crippen molar-refractivity contribution >= 4 is 10.9 Å². The van der Waals surface area contributed by atoms with E-state index in [1.807, 2.05) is 18.3 Å². The number of hydrogen-bond donors (Lipinski definition) is 2. The smallest absolute Gasteiger partial charge is 0.0933 e. The third-order valence-electron chi connectivity index (χ3n) is 6.41. The quantitative estimate of drug-likeness (QED) is 0.348. The second-order valence-corrected chi connectivity index (χ2v) is 8.86. The van der Waals surface area contributed by atoms with Crippen molar-refractivity contribution in [3.63, 3.8) is 0 Å². The monoisotopic (exact) mass is 477 g/mol. The van der Waals surface area contributed by atoms with Crippen molar-refractivity contribution < 1.29 is 9.47 Å². The van der Waals surface area contributed by atoms with Gasteiger partial charge in [-0.15, -0.1) is 0 Å². The molecule has 3 aromatic heterocycles. The van der Waals surface area contributed by atoms with Crippen LogP contribution in [0.4, 0.5) is 0 Å². The molecule has 36 heavy (non-hydrogen) atoms. The van der Waals surface area contributed by atoms with E-state index in [1.54, 1.807) is 12.4 Å². The fraction of sp³-hybridized carbons (Fsp3) is 0.207. The minimum atomic E-state index is 0.120. The van der Waals surface area contributed by atoms with Crippen LogP contribution in [0, 0.1) is 0 Å². The van der Waals surface area contributed by atoms with Crippen LogP contribution in [0.3, 0.4) is 0 Å². The lowest BCUT2D eigenvalue weighted by Gasteiger charge is -2.23. The van der Waals surface area contributed by atoms with E-state index in [2.05, 4.69) is 75.1 Å². The molecule has 1 saturated heterocycles. The Morgan fingerprint density at radius 3 is 2.58 bits per heavy atom. The molecule has 0 amide bonds. The second kappa shape index (κ2) is 10.4. The number of nitrogens with one attached hydrogen (secondary N) is 2. The Morgan fingerprint density at radius 1 is 0.917 bits per heavy atom. The van der Waals surface area contributed by atoms with Gasteiger partial charge in [0, 0.05) is 47.6 Å². The first-order valence-electron chi connectivity index (χ1n) is 12.2. The first-order chi connectivity index (χ1) is 17.8. The number of fused-ring (bicyclic) bond motifs is 1. The lowest BCUT2D eigenvalue weighted by molar-refractivity contribution is -0.0864. The molecule has 0 saturated carbocycles. The van der Waals surface area contributed by atoms with E-state index in [1.165, 1.54) is 5.56 Å². The van der Waals surface area contributed by atoms with Gasteiger partial charge < -0.3 is 14.8 Å². The predicted octanol–water partition coefficient (Wildman–Crippen LogP) is 4.86. The summed E-state index contributed by atoms with van der Waals surface area (Å²) in [6.07, 6.45) is 5.57. The van der Waals surface area contributed by atoms with Gasteiger partial charge in [-0.05, 0) is 23.3 Å². The largest absolute Gasteiger partial charge is 0.376 e. The van der Waals surface area contributed by atoms with Crippen molar-refractivity contribution in [3.8, 4) is 33.6 Å². The first-order valence-corrected chi connectivity index (χ1v) is 12.2. The third-order valence-corrected chi connectivity index (χ3v) is 6.41. The molecule has 6 rings (SSSR count). The molecule has 0 radical (unpaired) electrons. The lowest BCUT2D eigenvalue weighted by atomic mass is 9.96. The van der Waals surface area contributed by atoms with Crippen LogP contribution >= 0.6 is 0 Å². The molecule has 1 aliphatic rings. The molecule has 0 spiro atoms. The molecule has 2 aromatic carbocycles. The number of ether oxygens (including phenoxy) is 2. The van der Waals surface area contributed by atoms with Gasteiger partial charge in [-0.2, -0.15) is 5.10 Å². The van der Waals surface area contributed by atoms with E-state index in [-0.39, 0.29) is 6.10 Å². The number of aromatic nitrogens is 4. The number of benzene rings is 2. The number of rotatable bonds is 7. The third kappa shape index (κ3) is 4.77. The first kappa shape index (κ1) is 22.5. The summed E-state index contributed by atoms with van der Waals surface area (Å²) in [5.74, 6) is 0. The molecule has 5 aromatic rings. The zero-order valence-electron chi connectivity index (χ0n) is 19.9. The predicted molar refractivity (Wildman–Crippen MR) is 140 cm³/mol. The molecule has 7 heteroatoms. The van der Waals surface area contributed by atoms with Gasteiger partial charge in [0.05, 0.1) is 49.0 Å². The van der Waals surface area contributed by atoms with Crippen LogP contribution in [-0.4, -0.2) is 52.6 Å². The van der Waals surface area contributed by atoms with E-state index in [4.69, 9.17) is 14.5 Å². The van der Waals surface area contributed by atoms with Crippen LogP contribution in [0.15, 0.2) is 85.3 Å². The maximum Gasteiger partial charge on any atom is 0.0933 e. The summed E-state index contributed by atoms with van der Waals surface area (Å²) < 4.78 is 11.2. The van der Waals surface area contributed by atoms with Gasteiger partial charge in [-0.3, -0.25) is 10.1 Å². The molecule has 2 N–H and O–H groups in total. The van der Waals surface area contributed by atoms with Crippen LogP contribution in [0.5, 0.6) is 0 Å². The zero-order valence-corrected chi connectivity index (χ0v) is 19.9. The minimum Gasteiger partial charge on any atom is -0.376 e. The second-order valence-electron chi connectivity index (χ2n) is 8.86. The van der Waals surface area contributed by atoms with Crippen molar-refractivity contribution in [2.24, 2.45) is 0 Å². The SMILES string of the molecule is c1ccc(-c2cc3c(-c4cn[nH]c4)nccc3nc2-c2ccc(CNCC3COCCO3)cc2)cc1. The van der Waals surface area contributed by atoms with Gasteiger partial charge in [0.2, 0.25) is 0 Å². The fourth-order valence-electron chi connectivity index (χ4n) is 4.58. The molecule has 1 aliphatic heterocycles. The van der Waals surface area contributed by atoms with E-state index < -0.39 is 0 Å². The van der Waals surface area contributed by atoms with E-state index in [0.29, 0.717) is 19.8 Å². The Bertz CT molecular complexity index is 1430. The van der Waals surface area contributed by atoms with Crippen LogP contribution in [0.2, 0.25) is 0 Å². The normalized spacial score (nSPS) is 15.8. The van der Waals surface area contributed by atoms with Gasteiger partial charge in [-0.1, -0.05) is 54.6 Å². The number of H-pyrrole nitrogens is 1. The maximum atomic E-state index is 5.71. The summed E-state index contributed by atoms with van der Waals surface area (Å²) in [6, 6.07) is 23.2. The van der Waals surface area contributed by atoms with Crippen LogP contribution in [0.1, 0.15) is 5.56 Å².